The third kappa shape index (κ3) is 3.26. The molecule has 23 heavy (non-hydrogen) atoms. The molecule has 6 nitrogen and oxygen atoms in total. The Morgan fingerprint density at radius 2 is 1.57 bits per heavy atom. The van der Waals surface area contributed by atoms with E-state index in [1.54, 1.807) is 54.6 Å². The van der Waals surface area contributed by atoms with Crippen LogP contribution in [0.5, 0.6) is 5.75 Å². The van der Waals surface area contributed by atoms with Gasteiger partial charge < -0.3 is 5.11 Å². The van der Waals surface area contributed by atoms with Gasteiger partial charge in [0.15, 0.2) is 0 Å². The molecule has 0 aliphatic carbocycles. The molecule has 0 unspecified atom stereocenters. The van der Waals surface area contributed by atoms with E-state index >= 15 is 0 Å². The molecule has 3 aromatic carbocycles. The lowest BCUT2D eigenvalue weighted by Crippen LogP contribution is -2.26. The van der Waals surface area contributed by atoms with Crippen LogP contribution in [-0.4, -0.2) is 13.5 Å². The Kier molecular flexibility index (Phi) is 4.16. The summed E-state index contributed by atoms with van der Waals surface area (Å²) in [5, 5.41) is 11.0. The molecule has 0 saturated carbocycles. The number of aromatic hydroxyl groups is 1. The number of phenolic OH excluding ortho intramolecular Hbond substituents is 1. The summed E-state index contributed by atoms with van der Waals surface area (Å²) < 4.78 is 29.5. The van der Waals surface area contributed by atoms with E-state index in [0.717, 1.165) is 0 Å². The zero-order chi connectivity index (χ0) is 16.3. The molecule has 0 bridgehead atoms. The standard InChI is InChI=1S/C16H14N2O4S/c19-15-11-10-12-6-4-5-9-14(12)16(15)23(20,21)22-18-17-13-7-2-1-3-8-13/h1-11,17-19H. The largest absolute Gasteiger partial charge is 0.506 e. The monoisotopic (exact) mass is 330 g/mol. The van der Waals surface area contributed by atoms with Gasteiger partial charge in [-0.2, -0.15) is 12.7 Å². The number of nitrogens with one attached hydrogen (secondary N) is 2. The zero-order valence-corrected chi connectivity index (χ0v) is 12.7. The molecule has 3 rings (SSSR count). The minimum absolute atomic E-state index is 0.280. The van der Waals surface area contributed by atoms with Gasteiger partial charge in [0.1, 0.15) is 10.6 Å². The molecule has 0 amide bonds. The summed E-state index contributed by atoms with van der Waals surface area (Å²) in [5.74, 6) is -0.370. The number of hydrazine groups is 1. The first-order valence-corrected chi connectivity index (χ1v) is 8.19. The Morgan fingerprint density at radius 1 is 0.870 bits per heavy atom. The SMILES string of the molecule is O=S(=O)(ONNc1ccccc1)c1c(O)ccc2ccccc12. The molecule has 0 aliphatic rings. The Hall–Kier alpha value is -2.61. The molecule has 0 atom stereocenters. The van der Waals surface area contributed by atoms with Crippen molar-refractivity contribution in [2.75, 3.05) is 5.43 Å². The number of para-hydroxylation sites is 1. The topological polar surface area (TPSA) is 87.7 Å². The van der Waals surface area contributed by atoms with E-state index in [4.69, 9.17) is 4.28 Å². The van der Waals surface area contributed by atoms with Crippen LogP contribution in [0.2, 0.25) is 0 Å². The lowest BCUT2D eigenvalue weighted by molar-refractivity contribution is 0.228. The Morgan fingerprint density at radius 3 is 2.35 bits per heavy atom. The highest BCUT2D eigenvalue weighted by Gasteiger charge is 2.23. The van der Waals surface area contributed by atoms with Crippen LogP contribution in [0.25, 0.3) is 10.8 Å². The number of phenols is 1. The second-order valence-electron chi connectivity index (χ2n) is 4.77. The molecule has 0 aliphatic heterocycles. The van der Waals surface area contributed by atoms with E-state index in [-0.39, 0.29) is 10.6 Å². The number of hydrogen-bond donors (Lipinski definition) is 3. The molecular weight excluding hydrogens is 316 g/mol. The zero-order valence-electron chi connectivity index (χ0n) is 11.9. The van der Waals surface area contributed by atoms with Crippen LogP contribution in [-0.2, 0) is 14.4 Å². The second-order valence-corrected chi connectivity index (χ2v) is 6.25. The smallest absolute Gasteiger partial charge is 0.318 e. The molecule has 118 valence electrons. The number of benzene rings is 3. The number of rotatable bonds is 5. The predicted octanol–water partition coefficient (Wildman–Crippen LogP) is 2.78. The first kappa shape index (κ1) is 15.3. The van der Waals surface area contributed by atoms with Gasteiger partial charge in [0.25, 0.3) is 0 Å². The van der Waals surface area contributed by atoms with Crippen molar-refractivity contribution in [3.8, 4) is 5.75 Å². The van der Waals surface area contributed by atoms with E-state index in [0.29, 0.717) is 16.5 Å². The fourth-order valence-electron chi connectivity index (χ4n) is 2.19. The van der Waals surface area contributed by atoms with Crippen molar-refractivity contribution in [2.24, 2.45) is 0 Å². The maximum absolute atomic E-state index is 12.4. The Labute approximate surface area is 133 Å². The molecule has 0 saturated heterocycles. The number of fused-ring (bicyclic) bond motifs is 1. The van der Waals surface area contributed by atoms with Gasteiger partial charge in [-0.25, -0.2) is 0 Å². The molecule has 3 aromatic rings. The maximum atomic E-state index is 12.4. The highest BCUT2D eigenvalue weighted by atomic mass is 32.2. The molecule has 0 spiro atoms. The molecule has 3 N–H and O–H groups in total. The highest BCUT2D eigenvalue weighted by Crippen LogP contribution is 2.32. The highest BCUT2D eigenvalue weighted by molar-refractivity contribution is 7.87. The van der Waals surface area contributed by atoms with Crippen LogP contribution < -0.4 is 11.0 Å². The van der Waals surface area contributed by atoms with Crippen LogP contribution in [0.1, 0.15) is 0 Å². The first-order valence-electron chi connectivity index (χ1n) is 6.78. The van der Waals surface area contributed by atoms with E-state index < -0.39 is 10.1 Å². The quantitative estimate of drug-likeness (QED) is 0.624. The van der Waals surface area contributed by atoms with Crippen LogP contribution in [0.4, 0.5) is 5.69 Å². The molecule has 0 heterocycles. The van der Waals surface area contributed by atoms with Gasteiger partial charge in [0.05, 0.1) is 5.69 Å². The Bertz CT molecular complexity index is 927. The lowest BCUT2D eigenvalue weighted by atomic mass is 10.1. The lowest BCUT2D eigenvalue weighted by Gasteiger charge is -2.11. The van der Waals surface area contributed by atoms with Gasteiger partial charge in [-0.3, -0.25) is 5.43 Å². The van der Waals surface area contributed by atoms with Crippen molar-refractivity contribution >= 4 is 26.6 Å². The van der Waals surface area contributed by atoms with Gasteiger partial charge in [-0.1, -0.05) is 54.1 Å². The predicted molar refractivity (Wildman–Crippen MR) is 87.1 cm³/mol. The van der Waals surface area contributed by atoms with Crippen molar-refractivity contribution in [1.29, 1.82) is 0 Å². The van der Waals surface area contributed by atoms with Crippen molar-refractivity contribution < 1.29 is 17.8 Å². The molecule has 7 heteroatoms. The molecule has 0 aromatic heterocycles. The minimum Gasteiger partial charge on any atom is -0.506 e. The van der Waals surface area contributed by atoms with Gasteiger partial charge in [-0.15, -0.1) is 0 Å². The van der Waals surface area contributed by atoms with Crippen molar-refractivity contribution in [2.45, 2.75) is 4.90 Å². The van der Waals surface area contributed by atoms with Crippen LogP contribution in [0.15, 0.2) is 71.6 Å². The fraction of sp³-hybridized carbons (Fsp3) is 0. The van der Waals surface area contributed by atoms with Gasteiger partial charge in [-0.05, 0) is 23.6 Å². The summed E-state index contributed by atoms with van der Waals surface area (Å²) in [7, 11) is -4.21. The average Bonchev–Trinajstić information content (AvgIpc) is 2.55. The summed E-state index contributed by atoms with van der Waals surface area (Å²) in [4.78, 5) is -0.280. The minimum atomic E-state index is -4.21. The average molecular weight is 330 g/mol. The molecular formula is C16H14N2O4S. The van der Waals surface area contributed by atoms with E-state index in [1.165, 1.54) is 6.07 Å². The second kappa shape index (κ2) is 6.25. The van der Waals surface area contributed by atoms with Crippen molar-refractivity contribution in [1.82, 2.24) is 5.59 Å². The summed E-state index contributed by atoms with van der Waals surface area (Å²) in [6.45, 7) is 0. The van der Waals surface area contributed by atoms with Crippen LogP contribution in [0, 0.1) is 0 Å². The summed E-state index contributed by atoms with van der Waals surface area (Å²) in [6, 6.07) is 18.7. The Balaban J connectivity index is 1.87. The first-order chi connectivity index (χ1) is 11.1. The van der Waals surface area contributed by atoms with Crippen molar-refractivity contribution in [3.05, 3.63) is 66.7 Å². The summed E-state index contributed by atoms with van der Waals surface area (Å²) >= 11 is 0. The van der Waals surface area contributed by atoms with Crippen molar-refractivity contribution in [3.63, 3.8) is 0 Å². The normalized spacial score (nSPS) is 11.5. The fourth-order valence-corrected chi connectivity index (χ4v) is 3.21. The molecule has 0 fully saturated rings. The summed E-state index contributed by atoms with van der Waals surface area (Å²) in [6.07, 6.45) is 0. The number of anilines is 1. The van der Waals surface area contributed by atoms with E-state index in [1.807, 2.05) is 6.07 Å². The van der Waals surface area contributed by atoms with E-state index in [2.05, 4.69) is 11.0 Å². The third-order valence-electron chi connectivity index (χ3n) is 3.23. The molecule has 0 radical (unpaired) electrons. The number of hydrogen-bond acceptors (Lipinski definition) is 6. The third-order valence-corrected chi connectivity index (χ3v) is 4.46. The van der Waals surface area contributed by atoms with Crippen LogP contribution in [0.3, 0.4) is 0 Å². The summed E-state index contributed by atoms with van der Waals surface area (Å²) in [5.41, 5.74) is 5.42. The van der Waals surface area contributed by atoms with Gasteiger partial charge in [0, 0.05) is 5.39 Å². The van der Waals surface area contributed by atoms with Gasteiger partial charge >= 0.3 is 10.1 Å². The van der Waals surface area contributed by atoms with E-state index in [9.17, 15) is 13.5 Å². The van der Waals surface area contributed by atoms with Crippen LogP contribution >= 0.6 is 0 Å². The maximum Gasteiger partial charge on any atom is 0.318 e. The van der Waals surface area contributed by atoms with Gasteiger partial charge in [0.2, 0.25) is 0 Å².